The lowest BCUT2D eigenvalue weighted by Crippen LogP contribution is -1.97. The summed E-state index contributed by atoms with van der Waals surface area (Å²) in [6.45, 7) is 1.28. The van der Waals surface area contributed by atoms with Gasteiger partial charge in [0.15, 0.2) is 23.1 Å². The van der Waals surface area contributed by atoms with Crippen molar-refractivity contribution in [1.82, 2.24) is 0 Å². The van der Waals surface area contributed by atoms with Crippen molar-refractivity contribution in [2.24, 2.45) is 0 Å². The van der Waals surface area contributed by atoms with Crippen LogP contribution in [0.15, 0.2) is 12.1 Å². The van der Waals surface area contributed by atoms with Crippen LogP contribution in [0.2, 0.25) is 0 Å². The minimum absolute atomic E-state index is 0.0539. The van der Waals surface area contributed by atoms with Crippen molar-refractivity contribution in [3.05, 3.63) is 23.5 Å². The van der Waals surface area contributed by atoms with E-state index in [0.717, 1.165) is 6.07 Å². The zero-order chi connectivity index (χ0) is 10.0. The summed E-state index contributed by atoms with van der Waals surface area (Å²) in [5.41, 5.74) is 0.0539. The highest BCUT2D eigenvalue weighted by Crippen LogP contribution is 2.32. The predicted octanol–water partition coefficient (Wildman–Crippen LogP) is 1.74. The number of ketones is 1. The first kappa shape index (κ1) is 9.51. The molecule has 13 heavy (non-hydrogen) atoms. The SMILES string of the molecule is COc1c(F)ccc(C(C)=O)c1O. The van der Waals surface area contributed by atoms with E-state index in [1.165, 1.54) is 20.1 Å². The topological polar surface area (TPSA) is 46.5 Å². The van der Waals surface area contributed by atoms with Crippen LogP contribution in [-0.4, -0.2) is 18.0 Å². The summed E-state index contributed by atoms with van der Waals surface area (Å²) in [5, 5.41) is 9.35. The van der Waals surface area contributed by atoms with Gasteiger partial charge in [-0.15, -0.1) is 0 Å². The largest absolute Gasteiger partial charge is 0.504 e. The molecule has 3 nitrogen and oxygen atoms in total. The van der Waals surface area contributed by atoms with Crippen LogP contribution in [0, 0.1) is 5.82 Å². The van der Waals surface area contributed by atoms with Gasteiger partial charge in [0, 0.05) is 0 Å². The monoisotopic (exact) mass is 184 g/mol. The van der Waals surface area contributed by atoms with E-state index in [9.17, 15) is 14.3 Å². The van der Waals surface area contributed by atoms with Crippen LogP contribution in [0.1, 0.15) is 17.3 Å². The molecule has 0 atom stereocenters. The first-order valence-corrected chi connectivity index (χ1v) is 3.64. The molecule has 0 bridgehead atoms. The van der Waals surface area contributed by atoms with Crippen molar-refractivity contribution in [2.75, 3.05) is 7.11 Å². The minimum Gasteiger partial charge on any atom is -0.504 e. The van der Waals surface area contributed by atoms with Gasteiger partial charge in [0.25, 0.3) is 0 Å². The quantitative estimate of drug-likeness (QED) is 0.712. The fourth-order valence-corrected chi connectivity index (χ4v) is 1.02. The number of benzene rings is 1. The second kappa shape index (κ2) is 3.43. The zero-order valence-corrected chi connectivity index (χ0v) is 7.30. The maximum Gasteiger partial charge on any atom is 0.197 e. The lowest BCUT2D eigenvalue weighted by molar-refractivity contribution is 0.101. The molecule has 0 unspecified atom stereocenters. The molecule has 0 aliphatic rings. The highest BCUT2D eigenvalue weighted by atomic mass is 19.1. The third-order valence-electron chi connectivity index (χ3n) is 1.67. The van der Waals surface area contributed by atoms with Gasteiger partial charge in [-0.05, 0) is 19.1 Å². The molecule has 0 radical (unpaired) electrons. The van der Waals surface area contributed by atoms with Crippen LogP contribution >= 0.6 is 0 Å². The Bertz CT molecular complexity index is 347. The van der Waals surface area contributed by atoms with E-state index in [1.54, 1.807) is 0 Å². The summed E-state index contributed by atoms with van der Waals surface area (Å²) in [4.78, 5) is 10.9. The number of hydrogen-bond acceptors (Lipinski definition) is 3. The lowest BCUT2D eigenvalue weighted by atomic mass is 10.1. The predicted molar refractivity (Wildman–Crippen MR) is 44.6 cm³/mol. The summed E-state index contributed by atoms with van der Waals surface area (Å²) in [5.74, 6) is -1.77. The molecule has 4 heteroatoms. The average molecular weight is 184 g/mol. The molecule has 0 saturated heterocycles. The molecule has 1 rings (SSSR count). The maximum absolute atomic E-state index is 12.9. The van der Waals surface area contributed by atoms with E-state index in [4.69, 9.17) is 0 Å². The summed E-state index contributed by atoms with van der Waals surface area (Å²) in [7, 11) is 1.22. The number of methoxy groups -OCH3 is 1. The standard InChI is InChI=1S/C9H9FO3/c1-5(11)6-3-4-7(10)9(13-2)8(6)12/h3-4,12H,1-2H3. The maximum atomic E-state index is 12.9. The van der Waals surface area contributed by atoms with Crippen LogP contribution in [0.25, 0.3) is 0 Å². The smallest absolute Gasteiger partial charge is 0.197 e. The normalized spacial score (nSPS) is 9.77. The summed E-state index contributed by atoms with van der Waals surface area (Å²) < 4.78 is 17.5. The Kier molecular flexibility index (Phi) is 2.51. The molecule has 0 fully saturated rings. The Morgan fingerprint density at radius 3 is 2.62 bits per heavy atom. The highest BCUT2D eigenvalue weighted by Gasteiger charge is 2.15. The van der Waals surface area contributed by atoms with E-state index in [1.807, 2.05) is 0 Å². The molecule has 0 saturated carbocycles. The molecule has 0 spiro atoms. The zero-order valence-electron chi connectivity index (χ0n) is 7.30. The van der Waals surface area contributed by atoms with Gasteiger partial charge in [-0.3, -0.25) is 4.79 Å². The second-order valence-corrected chi connectivity index (χ2v) is 2.53. The van der Waals surface area contributed by atoms with Crippen molar-refractivity contribution < 1.29 is 19.0 Å². The molecule has 0 aromatic heterocycles. The van der Waals surface area contributed by atoms with Crippen LogP contribution in [0.3, 0.4) is 0 Å². The average Bonchev–Trinajstić information content (AvgIpc) is 2.04. The van der Waals surface area contributed by atoms with Crippen molar-refractivity contribution >= 4 is 5.78 Å². The molecule has 0 amide bonds. The second-order valence-electron chi connectivity index (χ2n) is 2.53. The van der Waals surface area contributed by atoms with Gasteiger partial charge in [-0.2, -0.15) is 0 Å². The van der Waals surface area contributed by atoms with Crippen molar-refractivity contribution in [3.8, 4) is 11.5 Å². The summed E-state index contributed by atoms with van der Waals surface area (Å²) in [6.07, 6.45) is 0. The lowest BCUT2D eigenvalue weighted by Gasteiger charge is -2.06. The minimum atomic E-state index is -0.690. The molecular weight excluding hydrogens is 175 g/mol. The summed E-state index contributed by atoms with van der Waals surface area (Å²) in [6, 6.07) is 2.30. The number of ether oxygens (including phenoxy) is 1. The number of rotatable bonds is 2. The van der Waals surface area contributed by atoms with E-state index >= 15 is 0 Å². The molecule has 1 N–H and O–H groups in total. The number of aromatic hydroxyl groups is 1. The third-order valence-corrected chi connectivity index (χ3v) is 1.67. The first-order valence-electron chi connectivity index (χ1n) is 3.64. The van der Waals surface area contributed by atoms with E-state index < -0.39 is 11.6 Å². The van der Waals surface area contributed by atoms with Gasteiger partial charge in [0.2, 0.25) is 0 Å². The van der Waals surface area contributed by atoms with Gasteiger partial charge >= 0.3 is 0 Å². The fraction of sp³-hybridized carbons (Fsp3) is 0.222. The Morgan fingerprint density at radius 1 is 1.54 bits per heavy atom. The molecule has 70 valence electrons. The van der Waals surface area contributed by atoms with Crippen LogP contribution in [-0.2, 0) is 0 Å². The molecule has 0 aliphatic carbocycles. The number of Topliss-reactive ketones (excluding diaryl/α,β-unsaturated/α-hetero) is 1. The Labute approximate surface area is 74.8 Å². The van der Waals surface area contributed by atoms with Crippen LogP contribution in [0.5, 0.6) is 11.5 Å². The number of halogens is 1. The molecule has 1 aromatic carbocycles. The van der Waals surface area contributed by atoms with Gasteiger partial charge in [-0.25, -0.2) is 4.39 Å². The van der Waals surface area contributed by atoms with Gasteiger partial charge in [0.05, 0.1) is 12.7 Å². The fourth-order valence-electron chi connectivity index (χ4n) is 1.02. The van der Waals surface area contributed by atoms with Gasteiger partial charge < -0.3 is 9.84 Å². The Morgan fingerprint density at radius 2 is 2.15 bits per heavy atom. The Balaban J connectivity index is 3.35. The van der Waals surface area contributed by atoms with Gasteiger partial charge in [0.1, 0.15) is 0 Å². The summed E-state index contributed by atoms with van der Waals surface area (Å²) >= 11 is 0. The number of hydrogen-bond donors (Lipinski definition) is 1. The number of phenolic OH excluding ortho intramolecular Hbond substituents is 1. The highest BCUT2D eigenvalue weighted by molar-refractivity contribution is 5.97. The van der Waals surface area contributed by atoms with E-state index in [2.05, 4.69) is 4.74 Å². The van der Waals surface area contributed by atoms with E-state index in [-0.39, 0.29) is 17.1 Å². The number of carbonyl (C=O) groups is 1. The molecule has 0 heterocycles. The number of phenols is 1. The van der Waals surface area contributed by atoms with Crippen molar-refractivity contribution in [1.29, 1.82) is 0 Å². The van der Waals surface area contributed by atoms with Crippen molar-refractivity contribution in [3.63, 3.8) is 0 Å². The van der Waals surface area contributed by atoms with Gasteiger partial charge in [-0.1, -0.05) is 0 Å². The van der Waals surface area contributed by atoms with Crippen LogP contribution < -0.4 is 4.74 Å². The number of carbonyl (C=O) groups excluding carboxylic acids is 1. The Hall–Kier alpha value is -1.58. The van der Waals surface area contributed by atoms with E-state index in [0.29, 0.717) is 0 Å². The van der Waals surface area contributed by atoms with Crippen LogP contribution in [0.4, 0.5) is 4.39 Å². The first-order chi connectivity index (χ1) is 6.07. The molecule has 1 aromatic rings. The molecule has 0 aliphatic heterocycles. The van der Waals surface area contributed by atoms with Crippen molar-refractivity contribution in [2.45, 2.75) is 6.92 Å². The third kappa shape index (κ3) is 1.61. The molecular formula is C9H9FO3.